The molecule has 1 aromatic rings. The second-order valence-corrected chi connectivity index (χ2v) is 4.98. The fourth-order valence-electron chi connectivity index (χ4n) is 2.06. The first kappa shape index (κ1) is 15.0. The molecule has 1 aliphatic carbocycles. The molecule has 2 rings (SSSR count). The van der Waals surface area contributed by atoms with E-state index in [1.165, 1.54) is 0 Å². The molecule has 0 aliphatic heterocycles. The molecule has 0 radical (unpaired) electrons. The molecule has 1 fully saturated rings. The SMILES string of the molecule is N#CCCN(CC(=O)NC(=O)Nc1ccccc1)C1CC1. The number of hydrogen-bond acceptors (Lipinski definition) is 4. The van der Waals surface area contributed by atoms with Gasteiger partial charge in [-0.15, -0.1) is 0 Å². The third-order valence-electron chi connectivity index (χ3n) is 3.21. The molecule has 110 valence electrons. The van der Waals surface area contributed by atoms with Crippen molar-refractivity contribution >= 4 is 17.6 Å². The summed E-state index contributed by atoms with van der Waals surface area (Å²) >= 11 is 0. The maximum Gasteiger partial charge on any atom is 0.325 e. The van der Waals surface area contributed by atoms with Gasteiger partial charge in [0.1, 0.15) is 0 Å². The Kier molecular flexibility index (Phi) is 5.29. The van der Waals surface area contributed by atoms with Crippen LogP contribution in [-0.2, 0) is 4.79 Å². The van der Waals surface area contributed by atoms with Crippen LogP contribution in [0, 0.1) is 11.3 Å². The van der Waals surface area contributed by atoms with Crippen LogP contribution in [0.1, 0.15) is 19.3 Å². The Hall–Kier alpha value is -2.39. The molecule has 2 N–H and O–H groups in total. The highest BCUT2D eigenvalue weighted by Crippen LogP contribution is 2.26. The van der Waals surface area contributed by atoms with Crippen molar-refractivity contribution in [3.63, 3.8) is 0 Å². The minimum absolute atomic E-state index is 0.147. The monoisotopic (exact) mass is 286 g/mol. The summed E-state index contributed by atoms with van der Waals surface area (Å²) in [7, 11) is 0. The van der Waals surface area contributed by atoms with Gasteiger partial charge in [0, 0.05) is 24.7 Å². The van der Waals surface area contributed by atoms with Gasteiger partial charge in [0.15, 0.2) is 0 Å². The third kappa shape index (κ3) is 5.24. The van der Waals surface area contributed by atoms with Crippen LogP contribution in [0.15, 0.2) is 30.3 Å². The summed E-state index contributed by atoms with van der Waals surface area (Å²) < 4.78 is 0. The van der Waals surface area contributed by atoms with Gasteiger partial charge in [-0.25, -0.2) is 4.79 Å². The van der Waals surface area contributed by atoms with Gasteiger partial charge >= 0.3 is 6.03 Å². The average Bonchev–Trinajstić information content (AvgIpc) is 3.28. The molecule has 1 aliphatic rings. The highest BCUT2D eigenvalue weighted by molar-refractivity contribution is 6.01. The van der Waals surface area contributed by atoms with Gasteiger partial charge in [0.05, 0.1) is 12.6 Å². The maximum atomic E-state index is 11.9. The van der Waals surface area contributed by atoms with Crippen LogP contribution in [0.4, 0.5) is 10.5 Å². The maximum absolute atomic E-state index is 11.9. The van der Waals surface area contributed by atoms with Gasteiger partial charge in [0.25, 0.3) is 0 Å². The fourth-order valence-corrected chi connectivity index (χ4v) is 2.06. The predicted octanol–water partition coefficient (Wildman–Crippen LogP) is 1.71. The van der Waals surface area contributed by atoms with Crippen LogP contribution < -0.4 is 10.6 Å². The molecule has 0 heterocycles. The predicted molar refractivity (Wildman–Crippen MR) is 78.4 cm³/mol. The number of carbonyl (C=O) groups is 2. The van der Waals surface area contributed by atoms with Crippen LogP contribution in [0.2, 0.25) is 0 Å². The zero-order chi connectivity index (χ0) is 15.1. The summed E-state index contributed by atoms with van der Waals surface area (Å²) in [6.45, 7) is 0.712. The highest BCUT2D eigenvalue weighted by atomic mass is 16.2. The van der Waals surface area contributed by atoms with E-state index < -0.39 is 6.03 Å². The lowest BCUT2D eigenvalue weighted by Gasteiger charge is -2.19. The fraction of sp³-hybridized carbons (Fsp3) is 0.400. The van der Waals surface area contributed by atoms with Crippen LogP contribution in [0.5, 0.6) is 0 Å². The minimum atomic E-state index is -0.540. The first-order valence-corrected chi connectivity index (χ1v) is 6.96. The number of nitrogens with one attached hydrogen (secondary N) is 2. The quantitative estimate of drug-likeness (QED) is 0.833. The molecule has 21 heavy (non-hydrogen) atoms. The molecule has 0 spiro atoms. The number of rotatable bonds is 6. The molecule has 6 heteroatoms. The number of nitriles is 1. The molecule has 0 saturated heterocycles. The molecule has 0 atom stereocenters. The van der Waals surface area contributed by atoms with Gasteiger partial charge < -0.3 is 5.32 Å². The van der Waals surface area contributed by atoms with E-state index >= 15 is 0 Å². The lowest BCUT2D eigenvalue weighted by molar-refractivity contribution is -0.121. The van der Waals surface area contributed by atoms with E-state index in [-0.39, 0.29) is 12.5 Å². The Morgan fingerprint density at radius 1 is 1.29 bits per heavy atom. The summed E-state index contributed by atoms with van der Waals surface area (Å²) in [4.78, 5) is 25.5. The first-order valence-electron chi connectivity index (χ1n) is 6.96. The van der Waals surface area contributed by atoms with Crippen molar-refractivity contribution in [3.8, 4) is 6.07 Å². The van der Waals surface area contributed by atoms with Crippen LogP contribution in [0.3, 0.4) is 0 Å². The van der Waals surface area contributed by atoms with E-state index in [9.17, 15) is 9.59 Å². The number of amides is 3. The topological polar surface area (TPSA) is 85.2 Å². The van der Waals surface area contributed by atoms with E-state index in [1.807, 2.05) is 11.0 Å². The van der Waals surface area contributed by atoms with Crippen molar-refractivity contribution in [3.05, 3.63) is 30.3 Å². The number of benzene rings is 1. The van der Waals surface area contributed by atoms with E-state index in [0.717, 1.165) is 12.8 Å². The van der Waals surface area contributed by atoms with Gasteiger partial charge in [-0.05, 0) is 25.0 Å². The summed E-state index contributed by atoms with van der Waals surface area (Å²) in [5, 5.41) is 13.5. The van der Waals surface area contributed by atoms with Gasteiger partial charge in [-0.1, -0.05) is 18.2 Å². The minimum Gasteiger partial charge on any atom is -0.308 e. The van der Waals surface area contributed by atoms with Crippen LogP contribution in [-0.4, -0.2) is 36.0 Å². The number of anilines is 1. The smallest absolute Gasteiger partial charge is 0.308 e. The molecular weight excluding hydrogens is 268 g/mol. The average molecular weight is 286 g/mol. The normalized spacial score (nSPS) is 13.5. The lowest BCUT2D eigenvalue weighted by Crippen LogP contribution is -2.42. The Morgan fingerprint density at radius 3 is 2.62 bits per heavy atom. The summed E-state index contributed by atoms with van der Waals surface area (Å²) in [5.41, 5.74) is 0.631. The highest BCUT2D eigenvalue weighted by Gasteiger charge is 2.30. The van der Waals surface area contributed by atoms with Crippen molar-refractivity contribution in [2.45, 2.75) is 25.3 Å². The molecule has 1 saturated carbocycles. The van der Waals surface area contributed by atoms with Crippen LogP contribution in [0.25, 0.3) is 0 Å². The standard InChI is InChI=1S/C15H18N4O2/c16-9-4-10-19(13-7-8-13)11-14(20)18-15(21)17-12-5-2-1-3-6-12/h1-3,5-6,13H,4,7-8,10-11H2,(H2,17,18,20,21). The van der Waals surface area contributed by atoms with E-state index in [4.69, 9.17) is 5.26 Å². The van der Waals surface area contributed by atoms with E-state index in [1.54, 1.807) is 24.3 Å². The van der Waals surface area contributed by atoms with Crippen molar-refractivity contribution < 1.29 is 9.59 Å². The van der Waals surface area contributed by atoms with Gasteiger partial charge in [0.2, 0.25) is 5.91 Å². The van der Waals surface area contributed by atoms with E-state index in [2.05, 4.69) is 16.7 Å². The molecular formula is C15H18N4O2. The largest absolute Gasteiger partial charge is 0.325 e. The molecule has 0 aromatic heterocycles. The molecule has 0 unspecified atom stereocenters. The number of imide groups is 1. The molecule has 0 bridgehead atoms. The molecule has 1 aromatic carbocycles. The zero-order valence-electron chi connectivity index (χ0n) is 11.7. The zero-order valence-corrected chi connectivity index (χ0v) is 11.7. The third-order valence-corrected chi connectivity index (χ3v) is 3.21. The van der Waals surface area contributed by atoms with Gasteiger partial charge in [-0.3, -0.25) is 15.0 Å². The van der Waals surface area contributed by atoms with E-state index in [0.29, 0.717) is 24.7 Å². The first-order chi connectivity index (χ1) is 10.2. The summed E-state index contributed by atoms with van der Waals surface area (Å²) in [6, 6.07) is 10.8. The number of hydrogen-bond donors (Lipinski definition) is 2. The Balaban J connectivity index is 1.77. The Labute approximate surface area is 123 Å². The number of nitrogens with zero attached hydrogens (tertiary/aromatic N) is 2. The van der Waals surface area contributed by atoms with Gasteiger partial charge in [-0.2, -0.15) is 5.26 Å². The number of urea groups is 1. The Bertz CT molecular complexity index is 534. The molecule has 3 amide bonds. The Morgan fingerprint density at radius 2 is 2.00 bits per heavy atom. The second-order valence-electron chi connectivity index (χ2n) is 4.98. The van der Waals surface area contributed by atoms with Crippen molar-refractivity contribution in [1.82, 2.24) is 10.2 Å². The lowest BCUT2D eigenvalue weighted by atomic mass is 10.3. The number of para-hydroxylation sites is 1. The van der Waals surface area contributed by atoms with Crippen molar-refractivity contribution in [1.29, 1.82) is 5.26 Å². The summed E-state index contributed by atoms with van der Waals surface area (Å²) in [5.74, 6) is -0.353. The van der Waals surface area contributed by atoms with Crippen molar-refractivity contribution in [2.24, 2.45) is 0 Å². The van der Waals surface area contributed by atoms with Crippen molar-refractivity contribution in [2.75, 3.05) is 18.4 Å². The summed E-state index contributed by atoms with van der Waals surface area (Å²) in [6.07, 6.45) is 2.49. The number of carbonyl (C=O) groups excluding carboxylic acids is 2. The molecule has 6 nitrogen and oxygen atoms in total. The second kappa shape index (κ2) is 7.41. The van der Waals surface area contributed by atoms with Crippen LogP contribution >= 0.6 is 0 Å².